The van der Waals surface area contributed by atoms with Crippen LogP contribution < -0.4 is 10.4 Å². The predicted molar refractivity (Wildman–Crippen MR) is 35.6 cm³/mol. The number of hydrogen-bond donors (Lipinski definition) is 1. The van der Waals surface area contributed by atoms with Crippen molar-refractivity contribution in [2.24, 2.45) is 5.92 Å². The zero-order chi connectivity index (χ0) is 10.1. The quantitative estimate of drug-likeness (QED) is 0.624. The molecule has 0 aromatic rings. The molecule has 1 N–H and O–H groups in total. The molecule has 76 valence electrons. The van der Waals surface area contributed by atoms with Gasteiger partial charge in [-0.1, -0.05) is 0 Å². The molecule has 1 fully saturated rings. The predicted octanol–water partition coefficient (Wildman–Crippen LogP) is -0.333. The largest absolute Gasteiger partial charge is 0.550 e. The minimum atomic E-state index is -4.28. The van der Waals surface area contributed by atoms with Gasteiger partial charge in [-0.25, -0.2) is 0 Å². The first-order valence-electron chi connectivity index (χ1n) is 3.92. The first-order chi connectivity index (χ1) is 5.91. The van der Waals surface area contributed by atoms with E-state index in [1.807, 2.05) is 0 Å². The lowest BCUT2D eigenvalue weighted by Crippen LogP contribution is -2.51. The van der Waals surface area contributed by atoms with Gasteiger partial charge in [-0.05, 0) is 12.8 Å². The molecule has 1 rings (SSSR count). The van der Waals surface area contributed by atoms with Crippen LogP contribution in [0.4, 0.5) is 13.2 Å². The molecule has 2 unspecified atom stereocenters. The average Bonchev–Trinajstić information content (AvgIpc) is 2.03. The van der Waals surface area contributed by atoms with Gasteiger partial charge in [0.2, 0.25) is 0 Å². The van der Waals surface area contributed by atoms with E-state index in [0.29, 0.717) is 0 Å². The van der Waals surface area contributed by atoms with Crippen molar-refractivity contribution in [3.05, 3.63) is 0 Å². The lowest BCUT2D eigenvalue weighted by Gasteiger charge is -2.31. The van der Waals surface area contributed by atoms with Gasteiger partial charge in [0.25, 0.3) is 0 Å². The highest BCUT2D eigenvalue weighted by Crippen LogP contribution is 2.27. The molecule has 0 spiro atoms. The van der Waals surface area contributed by atoms with Crippen LogP contribution in [0, 0.1) is 5.92 Å². The second-order valence-electron chi connectivity index (χ2n) is 3.10. The second kappa shape index (κ2) is 3.53. The molecule has 1 saturated heterocycles. The van der Waals surface area contributed by atoms with Crippen LogP contribution in [-0.2, 0) is 4.79 Å². The molecule has 1 aliphatic heterocycles. The van der Waals surface area contributed by atoms with Crippen molar-refractivity contribution in [2.75, 3.05) is 6.54 Å². The van der Waals surface area contributed by atoms with Crippen molar-refractivity contribution in [1.82, 2.24) is 5.32 Å². The number of piperidine rings is 1. The maximum absolute atomic E-state index is 12.0. The Balaban J connectivity index is 2.44. The Morgan fingerprint density at radius 2 is 2.00 bits per heavy atom. The summed E-state index contributed by atoms with van der Waals surface area (Å²) < 4.78 is 36.1. The van der Waals surface area contributed by atoms with Crippen molar-refractivity contribution in [3.8, 4) is 0 Å². The van der Waals surface area contributed by atoms with Crippen LogP contribution in [0.1, 0.15) is 12.8 Å². The highest BCUT2D eigenvalue weighted by molar-refractivity contribution is 5.68. The number of halogens is 3. The van der Waals surface area contributed by atoms with Gasteiger partial charge in [0.1, 0.15) is 6.04 Å². The molecule has 0 saturated carbocycles. The third-order valence-electron chi connectivity index (χ3n) is 2.14. The fourth-order valence-electron chi connectivity index (χ4n) is 1.34. The van der Waals surface area contributed by atoms with Gasteiger partial charge in [-0.3, -0.25) is 0 Å². The fraction of sp³-hybridized carbons (Fsp3) is 0.857. The number of hydrogen-bond acceptors (Lipinski definition) is 3. The molecular formula is C7H9F3NO2-. The third-order valence-corrected chi connectivity index (χ3v) is 2.14. The Morgan fingerprint density at radius 1 is 1.38 bits per heavy atom. The van der Waals surface area contributed by atoms with Crippen LogP contribution in [0.15, 0.2) is 0 Å². The summed E-state index contributed by atoms with van der Waals surface area (Å²) in [6.07, 6.45) is -4.45. The van der Waals surface area contributed by atoms with Gasteiger partial charge >= 0.3 is 6.18 Å². The van der Waals surface area contributed by atoms with Crippen molar-refractivity contribution >= 4 is 5.97 Å². The van der Waals surface area contributed by atoms with Crippen LogP contribution >= 0.6 is 0 Å². The summed E-state index contributed by atoms with van der Waals surface area (Å²) in [6.45, 7) is -0.160. The molecule has 1 heterocycles. The summed E-state index contributed by atoms with van der Waals surface area (Å²) in [4.78, 5) is 10.3. The molecule has 13 heavy (non-hydrogen) atoms. The summed E-state index contributed by atoms with van der Waals surface area (Å²) in [5.41, 5.74) is 0. The molecular weight excluding hydrogens is 187 g/mol. The van der Waals surface area contributed by atoms with Crippen LogP contribution in [0.5, 0.6) is 0 Å². The number of nitrogens with one attached hydrogen (secondary N) is 1. The number of alkyl halides is 3. The number of carbonyl (C=O) groups excluding carboxylic acids is 1. The van der Waals surface area contributed by atoms with Gasteiger partial charge in [0.15, 0.2) is 0 Å². The highest BCUT2D eigenvalue weighted by atomic mass is 19.4. The van der Waals surface area contributed by atoms with Crippen molar-refractivity contribution in [3.63, 3.8) is 0 Å². The van der Waals surface area contributed by atoms with Crippen LogP contribution in [0.3, 0.4) is 0 Å². The molecule has 0 aliphatic carbocycles. The highest BCUT2D eigenvalue weighted by Gasteiger charge is 2.41. The summed E-state index contributed by atoms with van der Waals surface area (Å²) >= 11 is 0. The van der Waals surface area contributed by atoms with Crippen LogP contribution in [0.2, 0.25) is 0 Å². The summed E-state index contributed by atoms with van der Waals surface area (Å²) in [6, 6.07) is -1.57. The molecule has 0 bridgehead atoms. The normalized spacial score (nSPS) is 30.1. The van der Waals surface area contributed by atoms with E-state index in [1.165, 1.54) is 0 Å². The van der Waals surface area contributed by atoms with Crippen LogP contribution in [0.25, 0.3) is 0 Å². The Bertz CT molecular complexity index is 196. The first-order valence-corrected chi connectivity index (χ1v) is 3.92. The van der Waals surface area contributed by atoms with Gasteiger partial charge < -0.3 is 15.2 Å². The molecule has 0 aromatic carbocycles. The number of aliphatic carboxylic acids is 1. The Morgan fingerprint density at radius 3 is 2.31 bits per heavy atom. The molecule has 3 nitrogen and oxygen atoms in total. The van der Waals surface area contributed by atoms with E-state index >= 15 is 0 Å². The van der Waals surface area contributed by atoms with E-state index in [-0.39, 0.29) is 19.4 Å². The molecule has 1 aliphatic rings. The molecule has 6 heteroatoms. The summed E-state index contributed by atoms with van der Waals surface area (Å²) in [5.74, 6) is -2.08. The maximum atomic E-state index is 12.0. The Kier molecular flexibility index (Phi) is 2.80. The lowest BCUT2D eigenvalue weighted by molar-refractivity contribution is -0.312. The second-order valence-corrected chi connectivity index (χ2v) is 3.10. The van der Waals surface area contributed by atoms with E-state index in [1.54, 1.807) is 0 Å². The minimum absolute atomic E-state index is 0.0273. The number of rotatable bonds is 1. The van der Waals surface area contributed by atoms with Crippen LogP contribution in [-0.4, -0.2) is 24.7 Å². The van der Waals surface area contributed by atoms with Gasteiger partial charge in [0.05, 0.1) is 0 Å². The fourth-order valence-corrected chi connectivity index (χ4v) is 1.34. The first kappa shape index (κ1) is 10.3. The summed E-state index contributed by atoms with van der Waals surface area (Å²) in [7, 11) is 0. The van der Waals surface area contributed by atoms with Gasteiger partial charge in [0, 0.05) is 18.4 Å². The van der Waals surface area contributed by atoms with Gasteiger partial charge in [-0.2, -0.15) is 13.2 Å². The molecule has 0 radical (unpaired) electrons. The van der Waals surface area contributed by atoms with E-state index in [0.717, 1.165) is 0 Å². The SMILES string of the molecule is O=C([O-])C1CCC(C(F)(F)F)NC1. The van der Waals surface area contributed by atoms with E-state index in [9.17, 15) is 23.1 Å². The Hall–Kier alpha value is -0.780. The molecule has 0 aromatic heterocycles. The van der Waals surface area contributed by atoms with E-state index in [2.05, 4.69) is 5.32 Å². The van der Waals surface area contributed by atoms with E-state index in [4.69, 9.17) is 0 Å². The number of carbonyl (C=O) groups is 1. The molecule has 0 amide bonds. The monoisotopic (exact) mass is 196 g/mol. The standard InChI is InChI=1S/C7H10F3NO2/c8-7(9,10)5-2-1-4(3-11-5)6(12)13/h4-5,11H,1-3H2,(H,12,13)/p-1. The topological polar surface area (TPSA) is 52.2 Å². The van der Waals surface area contributed by atoms with Crippen molar-refractivity contribution in [2.45, 2.75) is 25.1 Å². The van der Waals surface area contributed by atoms with Gasteiger partial charge in [-0.15, -0.1) is 0 Å². The van der Waals surface area contributed by atoms with Crippen molar-refractivity contribution < 1.29 is 23.1 Å². The average molecular weight is 196 g/mol. The smallest absolute Gasteiger partial charge is 0.403 e. The van der Waals surface area contributed by atoms with Crippen molar-refractivity contribution in [1.29, 1.82) is 0 Å². The Labute approximate surface area is 72.9 Å². The van der Waals surface area contributed by atoms with E-state index < -0.39 is 24.1 Å². The molecule has 2 atom stereocenters. The third kappa shape index (κ3) is 2.58. The summed E-state index contributed by atoms with van der Waals surface area (Å²) in [5, 5.41) is 12.4. The maximum Gasteiger partial charge on any atom is 0.403 e. The zero-order valence-electron chi connectivity index (χ0n) is 6.73. The minimum Gasteiger partial charge on any atom is -0.550 e. The number of carboxylic acids is 1. The zero-order valence-corrected chi connectivity index (χ0v) is 6.73. The number of carboxylic acid groups (broad SMARTS) is 1. The lowest BCUT2D eigenvalue weighted by atomic mass is 9.95.